The van der Waals surface area contributed by atoms with Gasteiger partial charge >= 0.3 is 0 Å². The molecule has 2 aliphatic carbocycles. The molecule has 5 unspecified atom stereocenters. The van der Waals surface area contributed by atoms with Gasteiger partial charge in [-0.15, -0.1) is 0 Å². The predicted molar refractivity (Wildman–Crippen MR) is 62.2 cm³/mol. The summed E-state index contributed by atoms with van der Waals surface area (Å²) in [4.78, 5) is 0. The number of hydrogen-bond donors (Lipinski definition) is 0. The van der Waals surface area contributed by atoms with Crippen LogP contribution in [0.3, 0.4) is 0 Å². The molecule has 2 rings (SSSR count). The Kier molecular flexibility index (Phi) is 2.66. The van der Waals surface area contributed by atoms with Crippen molar-refractivity contribution in [1.82, 2.24) is 0 Å². The van der Waals surface area contributed by atoms with Crippen molar-refractivity contribution in [2.24, 2.45) is 29.1 Å². The highest BCUT2D eigenvalue weighted by Gasteiger charge is 2.66. The third-order valence-electron chi connectivity index (χ3n) is 5.17. The molecule has 2 fully saturated rings. The van der Waals surface area contributed by atoms with Crippen LogP contribution in [-0.4, -0.2) is 0 Å². The van der Waals surface area contributed by atoms with Gasteiger partial charge in [-0.1, -0.05) is 40.5 Å². The van der Waals surface area contributed by atoms with Crippen LogP contribution in [0.5, 0.6) is 0 Å². The molecule has 0 aliphatic heterocycles. The van der Waals surface area contributed by atoms with E-state index < -0.39 is 0 Å². The third-order valence-corrected chi connectivity index (χ3v) is 5.17. The third kappa shape index (κ3) is 1.33. The van der Waals surface area contributed by atoms with E-state index in [1.165, 1.54) is 32.1 Å². The zero-order valence-corrected chi connectivity index (χ0v) is 10.3. The summed E-state index contributed by atoms with van der Waals surface area (Å²) < 4.78 is 0. The van der Waals surface area contributed by atoms with Crippen molar-refractivity contribution in [1.29, 1.82) is 0 Å². The molecule has 0 amide bonds. The molecule has 0 aromatic rings. The molecule has 0 spiro atoms. The van der Waals surface area contributed by atoms with Crippen molar-refractivity contribution in [2.45, 2.75) is 59.8 Å². The maximum absolute atomic E-state index is 2.45. The monoisotopic (exact) mass is 194 g/mol. The average molecular weight is 194 g/mol. The summed E-state index contributed by atoms with van der Waals surface area (Å²) in [6.07, 6.45) is 7.29. The van der Waals surface area contributed by atoms with Gasteiger partial charge in [0.15, 0.2) is 0 Å². The van der Waals surface area contributed by atoms with Crippen LogP contribution in [0.25, 0.3) is 0 Å². The molecular weight excluding hydrogens is 168 g/mol. The Morgan fingerprint density at radius 3 is 2.21 bits per heavy atom. The van der Waals surface area contributed by atoms with Crippen LogP contribution < -0.4 is 0 Å². The van der Waals surface area contributed by atoms with E-state index in [-0.39, 0.29) is 0 Å². The first-order valence-electron chi connectivity index (χ1n) is 6.71. The Bertz CT molecular complexity index is 208. The van der Waals surface area contributed by atoms with Crippen LogP contribution in [-0.2, 0) is 0 Å². The van der Waals surface area contributed by atoms with E-state index in [4.69, 9.17) is 0 Å². The van der Waals surface area contributed by atoms with Gasteiger partial charge in [0.05, 0.1) is 0 Å². The zero-order valence-electron chi connectivity index (χ0n) is 10.3. The van der Waals surface area contributed by atoms with E-state index in [0.29, 0.717) is 0 Å². The van der Waals surface area contributed by atoms with E-state index in [1.54, 1.807) is 0 Å². The van der Waals surface area contributed by atoms with Gasteiger partial charge in [-0.2, -0.15) is 0 Å². The lowest BCUT2D eigenvalue weighted by Gasteiger charge is -2.14. The van der Waals surface area contributed by atoms with Crippen LogP contribution >= 0.6 is 0 Å². The molecule has 0 radical (unpaired) electrons. The maximum Gasteiger partial charge on any atom is -0.0235 e. The SMILES string of the molecule is CCCC1(CC)C(CC)C1C1CC1C. The molecule has 14 heavy (non-hydrogen) atoms. The second kappa shape index (κ2) is 3.54. The largest absolute Gasteiger partial charge is 0.0654 e. The summed E-state index contributed by atoms with van der Waals surface area (Å²) in [5, 5.41) is 0. The van der Waals surface area contributed by atoms with Gasteiger partial charge in [0.2, 0.25) is 0 Å². The molecule has 0 saturated heterocycles. The highest BCUT2D eigenvalue weighted by molar-refractivity contribution is 5.15. The number of rotatable bonds is 5. The van der Waals surface area contributed by atoms with Gasteiger partial charge in [-0.25, -0.2) is 0 Å². The molecule has 5 atom stereocenters. The Morgan fingerprint density at radius 1 is 1.21 bits per heavy atom. The molecule has 0 heteroatoms. The lowest BCUT2D eigenvalue weighted by molar-refractivity contribution is 0.359. The van der Waals surface area contributed by atoms with Crippen LogP contribution in [0.1, 0.15) is 59.8 Å². The van der Waals surface area contributed by atoms with Gasteiger partial charge in [0.1, 0.15) is 0 Å². The molecule has 2 saturated carbocycles. The molecular formula is C14H26. The standard InChI is InChI=1S/C14H26/c1-5-8-14(7-3)12(6-2)13(14)11-9-10(11)4/h10-13H,5-9H2,1-4H3. The minimum atomic E-state index is 0.791. The molecule has 0 nitrogen and oxygen atoms in total. The molecule has 0 aromatic carbocycles. The molecule has 0 aromatic heterocycles. The molecule has 0 bridgehead atoms. The van der Waals surface area contributed by atoms with Crippen LogP contribution in [0.15, 0.2) is 0 Å². The molecule has 2 aliphatic rings. The van der Waals surface area contributed by atoms with Gasteiger partial charge in [0, 0.05) is 0 Å². The van der Waals surface area contributed by atoms with Gasteiger partial charge in [-0.05, 0) is 48.3 Å². The summed E-state index contributed by atoms with van der Waals surface area (Å²) in [5.74, 6) is 4.38. The highest BCUT2D eigenvalue weighted by Crippen LogP contribution is 2.73. The summed E-state index contributed by atoms with van der Waals surface area (Å²) in [7, 11) is 0. The highest BCUT2D eigenvalue weighted by atomic mass is 14.7. The smallest absolute Gasteiger partial charge is 0.0235 e. The Balaban J connectivity index is 2.03. The first kappa shape index (κ1) is 10.5. The van der Waals surface area contributed by atoms with Crippen molar-refractivity contribution < 1.29 is 0 Å². The van der Waals surface area contributed by atoms with E-state index in [2.05, 4.69) is 27.7 Å². The van der Waals surface area contributed by atoms with E-state index in [9.17, 15) is 0 Å². The average Bonchev–Trinajstić information content (AvgIpc) is 3.03. The Labute approximate surface area is 89.5 Å². The van der Waals surface area contributed by atoms with Crippen molar-refractivity contribution in [3.05, 3.63) is 0 Å². The second-order valence-corrected chi connectivity index (χ2v) is 5.75. The summed E-state index contributed by atoms with van der Waals surface area (Å²) in [6.45, 7) is 9.63. The fraction of sp³-hybridized carbons (Fsp3) is 1.00. The van der Waals surface area contributed by atoms with Crippen LogP contribution in [0.4, 0.5) is 0 Å². The number of hydrogen-bond acceptors (Lipinski definition) is 0. The van der Waals surface area contributed by atoms with Crippen molar-refractivity contribution in [2.75, 3.05) is 0 Å². The van der Waals surface area contributed by atoms with E-state index in [0.717, 1.165) is 29.1 Å². The quantitative estimate of drug-likeness (QED) is 0.604. The lowest BCUT2D eigenvalue weighted by Crippen LogP contribution is -2.04. The fourth-order valence-corrected chi connectivity index (χ4v) is 4.34. The normalized spacial score (nSPS) is 50.6. The first-order chi connectivity index (χ1) is 6.71. The van der Waals surface area contributed by atoms with Crippen molar-refractivity contribution >= 4 is 0 Å². The lowest BCUT2D eigenvalue weighted by atomic mass is 9.91. The van der Waals surface area contributed by atoms with Crippen LogP contribution in [0, 0.1) is 29.1 Å². The van der Waals surface area contributed by atoms with E-state index >= 15 is 0 Å². The molecule has 0 N–H and O–H groups in total. The second-order valence-electron chi connectivity index (χ2n) is 5.75. The summed E-state index contributed by atoms with van der Waals surface area (Å²) in [5.41, 5.74) is 0.791. The minimum Gasteiger partial charge on any atom is -0.0654 e. The summed E-state index contributed by atoms with van der Waals surface area (Å²) in [6, 6.07) is 0. The van der Waals surface area contributed by atoms with E-state index in [1.807, 2.05) is 0 Å². The topological polar surface area (TPSA) is 0 Å². The van der Waals surface area contributed by atoms with Crippen molar-refractivity contribution in [3.8, 4) is 0 Å². The summed E-state index contributed by atoms with van der Waals surface area (Å²) >= 11 is 0. The fourth-order valence-electron chi connectivity index (χ4n) is 4.34. The Morgan fingerprint density at radius 2 is 1.86 bits per heavy atom. The van der Waals surface area contributed by atoms with Gasteiger partial charge < -0.3 is 0 Å². The molecule has 82 valence electrons. The Hall–Kier alpha value is 0. The van der Waals surface area contributed by atoms with Crippen LogP contribution in [0.2, 0.25) is 0 Å². The predicted octanol–water partition coefficient (Wildman–Crippen LogP) is 4.49. The minimum absolute atomic E-state index is 0.791. The molecule has 0 heterocycles. The zero-order chi connectivity index (χ0) is 10.3. The first-order valence-corrected chi connectivity index (χ1v) is 6.71. The van der Waals surface area contributed by atoms with Gasteiger partial charge in [-0.3, -0.25) is 0 Å². The van der Waals surface area contributed by atoms with Gasteiger partial charge in [0.25, 0.3) is 0 Å². The maximum atomic E-state index is 2.45. The van der Waals surface area contributed by atoms with Crippen molar-refractivity contribution in [3.63, 3.8) is 0 Å².